The molecule has 1 fully saturated rings. The molecule has 1 saturated carbocycles. The van der Waals surface area contributed by atoms with Crippen molar-refractivity contribution in [2.24, 2.45) is 17.1 Å². The highest BCUT2D eigenvalue weighted by Crippen LogP contribution is 2.36. The fraction of sp³-hybridized carbons (Fsp3) is 0.923. The highest BCUT2D eigenvalue weighted by molar-refractivity contribution is 5.79. The first kappa shape index (κ1) is 13.5. The van der Waals surface area contributed by atoms with Gasteiger partial charge >= 0.3 is 0 Å². The lowest BCUT2D eigenvalue weighted by Gasteiger charge is -2.39. The number of nitrogens with one attached hydrogen (secondary N) is 1. The van der Waals surface area contributed by atoms with Crippen molar-refractivity contribution in [2.45, 2.75) is 52.5 Å². The second kappa shape index (κ2) is 5.17. The third-order valence-corrected chi connectivity index (χ3v) is 4.02. The molecule has 0 aliphatic heterocycles. The van der Waals surface area contributed by atoms with Gasteiger partial charge < -0.3 is 10.6 Å². The van der Waals surface area contributed by atoms with Crippen LogP contribution in [0.5, 0.6) is 0 Å². The summed E-state index contributed by atoms with van der Waals surface area (Å²) in [7, 11) is 2.17. The molecule has 3 nitrogen and oxygen atoms in total. The van der Waals surface area contributed by atoms with Gasteiger partial charge in [0.25, 0.3) is 0 Å². The van der Waals surface area contributed by atoms with Crippen LogP contribution in [0.15, 0.2) is 0 Å². The first-order valence-electron chi connectivity index (χ1n) is 6.36. The predicted octanol–water partition coefficient (Wildman–Crippen LogP) is 2.46. The quantitative estimate of drug-likeness (QED) is 0.570. The van der Waals surface area contributed by atoms with Gasteiger partial charge in [0.05, 0.1) is 5.84 Å². The van der Waals surface area contributed by atoms with Crippen molar-refractivity contribution in [1.29, 1.82) is 5.41 Å². The van der Waals surface area contributed by atoms with Gasteiger partial charge in [0, 0.05) is 18.5 Å². The summed E-state index contributed by atoms with van der Waals surface area (Å²) in [5.41, 5.74) is 6.04. The van der Waals surface area contributed by atoms with Gasteiger partial charge in [-0.25, -0.2) is 0 Å². The number of amidine groups is 1. The van der Waals surface area contributed by atoms with Crippen LogP contribution in [-0.4, -0.2) is 30.4 Å². The third-order valence-electron chi connectivity index (χ3n) is 4.02. The SMILES string of the molecule is CC(CN(C)C1CCC(C)(C)CC1)C(=N)N. The highest BCUT2D eigenvalue weighted by Gasteiger charge is 2.29. The van der Waals surface area contributed by atoms with Crippen LogP contribution in [0, 0.1) is 16.7 Å². The van der Waals surface area contributed by atoms with Gasteiger partial charge in [0.1, 0.15) is 0 Å². The van der Waals surface area contributed by atoms with Crippen LogP contribution in [0.4, 0.5) is 0 Å². The summed E-state index contributed by atoms with van der Waals surface area (Å²) in [5.74, 6) is 0.489. The summed E-state index contributed by atoms with van der Waals surface area (Å²) in [6.45, 7) is 7.68. The zero-order chi connectivity index (χ0) is 12.3. The number of hydrogen-bond acceptors (Lipinski definition) is 2. The van der Waals surface area contributed by atoms with E-state index in [1.54, 1.807) is 0 Å². The maximum atomic E-state index is 7.42. The second-order valence-corrected chi connectivity index (χ2v) is 6.19. The van der Waals surface area contributed by atoms with Gasteiger partial charge in [-0.3, -0.25) is 5.41 Å². The molecule has 94 valence electrons. The molecule has 16 heavy (non-hydrogen) atoms. The largest absolute Gasteiger partial charge is 0.387 e. The molecule has 0 aromatic carbocycles. The molecule has 3 N–H and O–H groups in total. The monoisotopic (exact) mass is 225 g/mol. The van der Waals surface area contributed by atoms with Gasteiger partial charge in [-0.05, 0) is 38.1 Å². The Balaban J connectivity index is 2.39. The molecule has 1 aliphatic carbocycles. The molecular weight excluding hydrogens is 198 g/mol. The van der Waals surface area contributed by atoms with E-state index in [0.717, 1.165) is 6.54 Å². The summed E-state index contributed by atoms with van der Waals surface area (Å²) < 4.78 is 0. The molecule has 0 saturated heterocycles. The van der Waals surface area contributed by atoms with E-state index in [1.807, 2.05) is 6.92 Å². The van der Waals surface area contributed by atoms with Gasteiger partial charge in [-0.1, -0.05) is 20.8 Å². The molecule has 1 unspecified atom stereocenters. The summed E-state index contributed by atoms with van der Waals surface area (Å²) in [6.07, 6.45) is 5.20. The van der Waals surface area contributed by atoms with Gasteiger partial charge in [0.15, 0.2) is 0 Å². The molecule has 0 aromatic heterocycles. The van der Waals surface area contributed by atoms with E-state index in [0.29, 0.717) is 17.3 Å². The Morgan fingerprint density at radius 1 is 1.44 bits per heavy atom. The van der Waals surface area contributed by atoms with Crippen LogP contribution >= 0.6 is 0 Å². The molecule has 0 spiro atoms. The maximum absolute atomic E-state index is 7.42. The van der Waals surface area contributed by atoms with Gasteiger partial charge in [-0.15, -0.1) is 0 Å². The third kappa shape index (κ3) is 3.78. The molecule has 3 heteroatoms. The Bertz CT molecular complexity index is 238. The molecule has 0 amide bonds. The number of hydrogen-bond donors (Lipinski definition) is 2. The van der Waals surface area contributed by atoms with Crippen LogP contribution in [0.25, 0.3) is 0 Å². The van der Waals surface area contributed by atoms with Crippen LogP contribution in [0.3, 0.4) is 0 Å². The Morgan fingerprint density at radius 3 is 2.38 bits per heavy atom. The minimum absolute atomic E-state index is 0.180. The summed E-state index contributed by atoms with van der Waals surface area (Å²) in [4.78, 5) is 2.39. The minimum Gasteiger partial charge on any atom is -0.387 e. The van der Waals surface area contributed by atoms with E-state index in [-0.39, 0.29) is 5.92 Å². The molecule has 0 bridgehead atoms. The van der Waals surface area contributed by atoms with Crippen LogP contribution in [0.2, 0.25) is 0 Å². The fourth-order valence-corrected chi connectivity index (χ4v) is 2.50. The van der Waals surface area contributed by atoms with E-state index >= 15 is 0 Å². The standard InChI is InChI=1S/C13H27N3/c1-10(12(14)15)9-16(4)11-5-7-13(2,3)8-6-11/h10-11H,5-9H2,1-4H3,(H3,14,15). The van der Waals surface area contributed by atoms with Crippen molar-refractivity contribution in [1.82, 2.24) is 4.90 Å². The number of rotatable bonds is 4. The topological polar surface area (TPSA) is 53.1 Å². The van der Waals surface area contributed by atoms with Crippen LogP contribution in [-0.2, 0) is 0 Å². The van der Waals surface area contributed by atoms with E-state index < -0.39 is 0 Å². The van der Waals surface area contributed by atoms with Crippen molar-refractivity contribution in [2.75, 3.05) is 13.6 Å². The summed E-state index contributed by atoms with van der Waals surface area (Å²) in [6, 6.07) is 0.690. The Kier molecular flexibility index (Phi) is 4.36. The summed E-state index contributed by atoms with van der Waals surface area (Å²) in [5, 5.41) is 7.42. The van der Waals surface area contributed by atoms with E-state index in [2.05, 4.69) is 25.8 Å². The first-order chi connectivity index (χ1) is 7.32. The van der Waals surface area contributed by atoms with Crippen molar-refractivity contribution < 1.29 is 0 Å². The smallest absolute Gasteiger partial charge is 0.0947 e. The molecule has 0 heterocycles. The van der Waals surface area contributed by atoms with Crippen molar-refractivity contribution in [3.63, 3.8) is 0 Å². The fourth-order valence-electron chi connectivity index (χ4n) is 2.50. The van der Waals surface area contributed by atoms with Crippen LogP contribution in [0.1, 0.15) is 46.5 Å². The van der Waals surface area contributed by atoms with Gasteiger partial charge in [-0.2, -0.15) is 0 Å². The second-order valence-electron chi connectivity index (χ2n) is 6.19. The lowest BCUT2D eigenvalue weighted by atomic mass is 9.75. The average Bonchev–Trinajstić information content (AvgIpc) is 2.17. The molecular formula is C13H27N3. The highest BCUT2D eigenvalue weighted by atomic mass is 15.1. The zero-order valence-corrected chi connectivity index (χ0v) is 11.2. The van der Waals surface area contributed by atoms with E-state index in [1.165, 1.54) is 25.7 Å². The van der Waals surface area contributed by atoms with E-state index in [9.17, 15) is 0 Å². The van der Waals surface area contributed by atoms with Crippen molar-refractivity contribution in [3.05, 3.63) is 0 Å². The lowest BCUT2D eigenvalue weighted by Crippen LogP contribution is -2.41. The zero-order valence-electron chi connectivity index (χ0n) is 11.2. The number of nitrogens with zero attached hydrogens (tertiary/aromatic N) is 1. The Hall–Kier alpha value is -0.570. The maximum Gasteiger partial charge on any atom is 0.0947 e. The molecule has 0 aromatic rings. The lowest BCUT2D eigenvalue weighted by molar-refractivity contribution is 0.123. The van der Waals surface area contributed by atoms with E-state index in [4.69, 9.17) is 11.1 Å². The normalized spacial score (nSPS) is 23.3. The number of nitrogens with two attached hydrogens (primary N) is 1. The predicted molar refractivity (Wildman–Crippen MR) is 69.7 cm³/mol. The van der Waals surface area contributed by atoms with Gasteiger partial charge in [0.2, 0.25) is 0 Å². The summed E-state index contributed by atoms with van der Waals surface area (Å²) >= 11 is 0. The molecule has 0 radical (unpaired) electrons. The van der Waals surface area contributed by atoms with Crippen LogP contribution < -0.4 is 5.73 Å². The van der Waals surface area contributed by atoms with Crippen molar-refractivity contribution >= 4 is 5.84 Å². The Morgan fingerprint density at radius 2 is 1.94 bits per heavy atom. The minimum atomic E-state index is 0.180. The van der Waals surface area contributed by atoms with Crippen molar-refractivity contribution in [3.8, 4) is 0 Å². The Labute approximate surface area is 99.9 Å². The molecule has 1 atom stereocenters. The first-order valence-corrected chi connectivity index (χ1v) is 6.36. The molecule has 1 rings (SSSR count). The average molecular weight is 225 g/mol. The molecule has 1 aliphatic rings.